The van der Waals surface area contributed by atoms with Gasteiger partial charge in [-0.05, 0) is 37.1 Å². The molecule has 0 aliphatic rings. The van der Waals surface area contributed by atoms with Gasteiger partial charge in [0.05, 0.1) is 23.4 Å². The zero-order valence-corrected chi connectivity index (χ0v) is 11.6. The highest BCUT2D eigenvalue weighted by Gasteiger charge is 2.08. The second kappa shape index (κ2) is 6.61. The minimum atomic E-state index is -0.613. The number of anilines is 2. The van der Waals surface area contributed by atoms with Crippen LogP contribution in [0.5, 0.6) is 0 Å². The van der Waals surface area contributed by atoms with Gasteiger partial charge in [-0.3, -0.25) is 4.79 Å². The van der Waals surface area contributed by atoms with Crippen LogP contribution in [0.25, 0.3) is 0 Å². The Morgan fingerprint density at radius 2 is 1.89 bits per heavy atom. The molecule has 100 valence electrons. The summed E-state index contributed by atoms with van der Waals surface area (Å²) in [5, 5.41) is 15.3. The second-order valence-corrected chi connectivity index (χ2v) is 4.66. The summed E-state index contributed by atoms with van der Waals surface area (Å²) < 4.78 is 0. The van der Waals surface area contributed by atoms with Gasteiger partial charge in [0.1, 0.15) is 0 Å². The van der Waals surface area contributed by atoms with Crippen LogP contribution in [-0.4, -0.2) is 29.5 Å². The summed E-state index contributed by atoms with van der Waals surface area (Å²) in [7, 11) is 0. The number of carbonyl (C=O) groups excluding carboxylic acids is 1. The highest BCUT2D eigenvalue weighted by molar-refractivity contribution is 6.18. The summed E-state index contributed by atoms with van der Waals surface area (Å²) in [6, 6.07) is 3.85. The van der Waals surface area contributed by atoms with Gasteiger partial charge < -0.3 is 15.7 Å². The maximum atomic E-state index is 11.1. The van der Waals surface area contributed by atoms with E-state index < -0.39 is 6.10 Å². The average molecular weight is 271 g/mol. The van der Waals surface area contributed by atoms with E-state index >= 15 is 0 Å². The predicted molar refractivity (Wildman–Crippen MR) is 75.4 cm³/mol. The van der Waals surface area contributed by atoms with Crippen LogP contribution in [0.15, 0.2) is 12.1 Å². The van der Waals surface area contributed by atoms with Gasteiger partial charge in [-0.2, -0.15) is 0 Å². The van der Waals surface area contributed by atoms with Crippen LogP contribution in [0.1, 0.15) is 18.1 Å². The lowest BCUT2D eigenvalue weighted by Gasteiger charge is -2.16. The molecule has 0 fully saturated rings. The van der Waals surface area contributed by atoms with Crippen molar-refractivity contribution in [3.63, 3.8) is 0 Å². The van der Waals surface area contributed by atoms with E-state index in [1.807, 2.05) is 26.0 Å². The predicted octanol–water partition coefficient (Wildman–Crippen LogP) is 2.27. The highest BCUT2D eigenvalue weighted by atomic mass is 35.5. The number of aryl methyl sites for hydroxylation is 2. The molecule has 5 heteroatoms. The molecule has 0 bridgehead atoms. The van der Waals surface area contributed by atoms with Gasteiger partial charge in [0.2, 0.25) is 5.91 Å². The Balaban J connectivity index is 2.92. The first-order valence-corrected chi connectivity index (χ1v) is 6.34. The van der Waals surface area contributed by atoms with Crippen LogP contribution in [0.4, 0.5) is 11.4 Å². The monoisotopic (exact) mass is 270 g/mol. The zero-order chi connectivity index (χ0) is 13.7. The molecule has 18 heavy (non-hydrogen) atoms. The van der Waals surface area contributed by atoms with Gasteiger partial charge >= 0.3 is 0 Å². The van der Waals surface area contributed by atoms with E-state index in [1.54, 1.807) is 0 Å². The molecular formula is C13H19ClN2O2. The molecule has 1 aromatic carbocycles. The molecule has 1 atom stereocenters. The molecule has 0 aliphatic heterocycles. The van der Waals surface area contributed by atoms with E-state index in [1.165, 1.54) is 6.92 Å². The second-order valence-electron chi connectivity index (χ2n) is 4.35. The number of hydrogen-bond donors (Lipinski definition) is 3. The van der Waals surface area contributed by atoms with Gasteiger partial charge in [-0.15, -0.1) is 11.6 Å². The quantitative estimate of drug-likeness (QED) is 0.720. The number of aliphatic hydroxyl groups excluding tert-OH is 1. The van der Waals surface area contributed by atoms with Crippen LogP contribution >= 0.6 is 11.6 Å². The van der Waals surface area contributed by atoms with E-state index in [9.17, 15) is 9.90 Å². The van der Waals surface area contributed by atoms with E-state index in [4.69, 9.17) is 11.6 Å². The van der Waals surface area contributed by atoms with Crippen molar-refractivity contribution in [2.24, 2.45) is 0 Å². The molecule has 4 nitrogen and oxygen atoms in total. The Bertz CT molecular complexity index is 435. The molecule has 0 saturated carbocycles. The normalized spacial score (nSPS) is 12.1. The number of nitrogens with one attached hydrogen (secondary N) is 2. The largest absolute Gasteiger partial charge is 0.390 e. The van der Waals surface area contributed by atoms with Crippen molar-refractivity contribution in [3.05, 3.63) is 23.3 Å². The summed E-state index contributed by atoms with van der Waals surface area (Å²) in [6.07, 6.45) is -0.613. The minimum absolute atomic E-state index is 0.126. The fourth-order valence-electron chi connectivity index (χ4n) is 1.54. The van der Waals surface area contributed by atoms with Gasteiger partial charge in [0.25, 0.3) is 0 Å². The number of alkyl halides is 1. The lowest BCUT2D eigenvalue weighted by Crippen LogP contribution is -2.21. The summed E-state index contributed by atoms with van der Waals surface area (Å²) in [4.78, 5) is 11.1. The summed E-state index contributed by atoms with van der Waals surface area (Å²) in [5.41, 5.74) is 3.72. The molecule has 0 radical (unpaired) electrons. The Morgan fingerprint density at radius 1 is 1.33 bits per heavy atom. The first-order valence-electron chi connectivity index (χ1n) is 5.80. The van der Waals surface area contributed by atoms with Crippen molar-refractivity contribution in [1.82, 2.24) is 0 Å². The number of carbonyl (C=O) groups is 1. The zero-order valence-electron chi connectivity index (χ0n) is 10.9. The third-order valence-electron chi connectivity index (χ3n) is 2.65. The van der Waals surface area contributed by atoms with Crippen LogP contribution in [0.3, 0.4) is 0 Å². The molecule has 1 unspecified atom stereocenters. The highest BCUT2D eigenvalue weighted by Crippen LogP contribution is 2.26. The molecule has 0 heterocycles. The van der Waals surface area contributed by atoms with Crippen molar-refractivity contribution >= 4 is 28.9 Å². The minimum Gasteiger partial charge on any atom is -0.390 e. The van der Waals surface area contributed by atoms with Crippen molar-refractivity contribution < 1.29 is 9.90 Å². The summed E-state index contributed by atoms with van der Waals surface area (Å²) in [6.45, 7) is 5.79. The van der Waals surface area contributed by atoms with E-state index in [2.05, 4.69) is 10.6 Å². The fraction of sp³-hybridized carbons (Fsp3) is 0.462. The number of rotatable bonds is 5. The van der Waals surface area contributed by atoms with Gasteiger partial charge in [0, 0.05) is 13.5 Å². The van der Waals surface area contributed by atoms with Crippen molar-refractivity contribution in [2.45, 2.75) is 26.9 Å². The van der Waals surface area contributed by atoms with Crippen LogP contribution < -0.4 is 10.6 Å². The molecule has 1 amide bonds. The van der Waals surface area contributed by atoms with Crippen molar-refractivity contribution in [3.8, 4) is 0 Å². The van der Waals surface area contributed by atoms with Crippen molar-refractivity contribution in [2.75, 3.05) is 23.1 Å². The smallest absolute Gasteiger partial charge is 0.221 e. The Hall–Kier alpha value is -1.26. The van der Waals surface area contributed by atoms with Crippen molar-refractivity contribution in [1.29, 1.82) is 0 Å². The molecule has 0 aromatic heterocycles. The lowest BCUT2D eigenvalue weighted by molar-refractivity contribution is -0.114. The molecule has 1 rings (SSSR count). The molecular weight excluding hydrogens is 252 g/mol. The third-order valence-corrected chi connectivity index (χ3v) is 3.01. The Kier molecular flexibility index (Phi) is 5.44. The molecule has 1 aromatic rings. The first kappa shape index (κ1) is 14.8. The number of hydrogen-bond acceptors (Lipinski definition) is 3. The van der Waals surface area contributed by atoms with Gasteiger partial charge in [0.15, 0.2) is 0 Å². The topological polar surface area (TPSA) is 61.4 Å². The van der Waals surface area contributed by atoms with E-state index in [-0.39, 0.29) is 11.8 Å². The summed E-state index contributed by atoms with van der Waals surface area (Å²) >= 11 is 5.54. The number of halogens is 1. The molecule has 0 spiro atoms. The van der Waals surface area contributed by atoms with Crippen LogP contribution in [0, 0.1) is 13.8 Å². The van der Waals surface area contributed by atoms with Crippen LogP contribution in [-0.2, 0) is 4.79 Å². The van der Waals surface area contributed by atoms with Gasteiger partial charge in [-0.1, -0.05) is 0 Å². The molecule has 0 aliphatic carbocycles. The summed E-state index contributed by atoms with van der Waals surface area (Å²) in [5.74, 6) is 0.0482. The number of benzene rings is 1. The van der Waals surface area contributed by atoms with Gasteiger partial charge in [-0.25, -0.2) is 0 Å². The average Bonchev–Trinajstić information content (AvgIpc) is 2.30. The lowest BCUT2D eigenvalue weighted by atomic mass is 10.1. The molecule has 3 N–H and O–H groups in total. The van der Waals surface area contributed by atoms with E-state index in [0.29, 0.717) is 12.2 Å². The molecule has 0 saturated heterocycles. The Morgan fingerprint density at radius 3 is 2.39 bits per heavy atom. The van der Waals surface area contributed by atoms with Crippen LogP contribution in [0.2, 0.25) is 0 Å². The fourth-order valence-corrected chi connectivity index (χ4v) is 1.65. The number of amides is 1. The first-order chi connectivity index (χ1) is 8.43. The third kappa shape index (κ3) is 4.20. The van der Waals surface area contributed by atoms with E-state index in [0.717, 1.165) is 16.8 Å². The standard InChI is InChI=1S/C13H19ClN2O2/c1-8-4-12(15-7-11(18)6-14)13(5-9(8)2)16-10(3)17/h4-5,11,15,18H,6-7H2,1-3H3,(H,16,17). The SMILES string of the molecule is CC(=O)Nc1cc(C)c(C)cc1NCC(O)CCl. The number of aliphatic hydroxyl groups is 1. The maximum absolute atomic E-state index is 11.1. The maximum Gasteiger partial charge on any atom is 0.221 e. The Labute approximate surface area is 112 Å².